The number of phenolic OH excluding ortho intramolecular Hbond substituents is 1. The predicted molar refractivity (Wildman–Crippen MR) is 164 cm³/mol. The molecule has 0 radical (unpaired) electrons. The molecule has 10 heteroatoms. The van der Waals surface area contributed by atoms with Gasteiger partial charge in [0.05, 0.1) is 17.1 Å². The first-order valence-corrected chi connectivity index (χ1v) is 14.5. The Bertz CT molecular complexity index is 1870. The van der Waals surface area contributed by atoms with Crippen molar-refractivity contribution in [3.8, 4) is 16.9 Å². The summed E-state index contributed by atoms with van der Waals surface area (Å²) in [6.45, 7) is 5.75. The van der Waals surface area contributed by atoms with Gasteiger partial charge in [-0.1, -0.05) is 39.0 Å². The van der Waals surface area contributed by atoms with Crippen LogP contribution in [0.5, 0.6) is 5.75 Å². The molecule has 228 valence electrons. The number of primary amides is 1. The summed E-state index contributed by atoms with van der Waals surface area (Å²) in [7, 11) is 3.15. The van der Waals surface area contributed by atoms with Gasteiger partial charge in [0.15, 0.2) is 11.4 Å². The van der Waals surface area contributed by atoms with E-state index in [1.54, 1.807) is 20.3 Å². The van der Waals surface area contributed by atoms with Crippen LogP contribution in [-0.2, 0) is 26.2 Å². The zero-order chi connectivity index (χ0) is 32.0. The van der Waals surface area contributed by atoms with Gasteiger partial charge in [-0.3, -0.25) is 24.3 Å². The first kappa shape index (κ1) is 29.5. The quantitative estimate of drug-likeness (QED) is 0.283. The normalized spacial score (nSPS) is 25.3. The van der Waals surface area contributed by atoms with Crippen LogP contribution < -0.4 is 5.73 Å². The molecule has 0 spiro atoms. The Morgan fingerprint density at radius 1 is 1.09 bits per heavy atom. The van der Waals surface area contributed by atoms with Gasteiger partial charge in [-0.2, -0.15) is 0 Å². The van der Waals surface area contributed by atoms with E-state index < -0.39 is 63.5 Å². The fraction of sp³-hybridized carbons (Fsp3) is 0.353. The van der Waals surface area contributed by atoms with Crippen molar-refractivity contribution in [2.45, 2.75) is 50.7 Å². The van der Waals surface area contributed by atoms with Crippen molar-refractivity contribution < 1.29 is 34.8 Å². The molecule has 4 atom stereocenters. The SMILES string of the molecule is CN(C)[C@H]1C(=O)C(C(N)=O)=C(O)[C@@]2(O)C(=O)C3=C(O)c4c(O)c(C(C)(C)C)cc(-c5cnc6ccccc6c5)c4C[C@@H]3C[C@H]12. The van der Waals surface area contributed by atoms with E-state index in [1.807, 2.05) is 57.2 Å². The highest BCUT2D eigenvalue weighted by atomic mass is 16.3. The fourth-order valence-electron chi connectivity index (χ4n) is 7.36. The van der Waals surface area contributed by atoms with E-state index in [1.165, 1.54) is 4.90 Å². The molecule has 3 aliphatic rings. The number of rotatable bonds is 3. The summed E-state index contributed by atoms with van der Waals surface area (Å²) in [5.74, 6) is -6.73. The van der Waals surface area contributed by atoms with E-state index in [9.17, 15) is 34.8 Å². The van der Waals surface area contributed by atoms with Crippen LogP contribution in [0.2, 0.25) is 0 Å². The Kier molecular flexibility index (Phi) is 6.53. The molecule has 3 aliphatic carbocycles. The molecule has 1 aromatic heterocycles. The molecular formula is C34H35N3O7. The molecule has 1 fully saturated rings. The van der Waals surface area contributed by atoms with Gasteiger partial charge in [0.1, 0.15) is 22.8 Å². The number of para-hydroxylation sites is 1. The number of Topliss-reactive ketones (excluding diaryl/α,β-unsaturated/α-hetero) is 2. The van der Waals surface area contributed by atoms with Crippen molar-refractivity contribution in [3.63, 3.8) is 0 Å². The number of carbonyl (C=O) groups excluding carboxylic acids is 3. The van der Waals surface area contributed by atoms with Crippen LogP contribution in [0.4, 0.5) is 0 Å². The molecule has 1 amide bonds. The first-order chi connectivity index (χ1) is 20.6. The first-order valence-electron chi connectivity index (χ1n) is 14.5. The number of hydrogen-bond acceptors (Lipinski definition) is 9. The number of amides is 1. The third kappa shape index (κ3) is 4.01. The van der Waals surface area contributed by atoms with Gasteiger partial charge in [0.2, 0.25) is 5.78 Å². The van der Waals surface area contributed by atoms with Crippen molar-refractivity contribution in [2.24, 2.45) is 17.6 Å². The number of aliphatic hydroxyl groups excluding tert-OH is 2. The van der Waals surface area contributed by atoms with Crippen LogP contribution in [0.1, 0.15) is 43.9 Å². The number of aromatic hydroxyl groups is 1. The number of ketones is 2. The third-order valence-corrected chi connectivity index (χ3v) is 9.43. The van der Waals surface area contributed by atoms with Crippen LogP contribution in [0.25, 0.3) is 27.8 Å². The lowest BCUT2D eigenvalue weighted by atomic mass is 9.57. The summed E-state index contributed by atoms with van der Waals surface area (Å²) in [6, 6.07) is 10.4. The highest BCUT2D eigenvalue weighted by Crippen LogP contribution is 2.55. The molecule has 6 rings (SSSR count). The zero-order valence-corrected chi connectivity index (χ0v) is 25.2. The highest BCUT2D eigenvalue weighted by Gasteiger charge is 2.64. The van der Waals surface area contributed by atoms with Gasteiger partial charge in [-0.05, 0) is 67.6 Å². The van der Waals surface area contributed by atoms with E-state index in [4.69, 9.17) is 5.73 Å². The van der Waals surface area contributed by atoms with Crippen LogP contribution in [0.3, 0.4) is 0 Å². The molecule has 0 saturated heterocycles. The second kappa shape index (κ2) is 9.73. The van der Waals surface area contributed by atoms with E-state index in [2.05, 4.69) is 4.98 Å². The number of nitrogens with zero attached hydrogens (tertiary/aromatic N) is 2. The molecule has 3 aromatic rings. The van der Waals surface area contributed by atoms with E-state index in [0.29, 0.717) is 11.1 Å². The number of aliphatic hydroxyl groups is 3. The molecule has 1 heterocycles. The van der Waals surface area contributed by atoms with E-state index in [0.717, 1.165) is 22.0 Å². The number of fused-ring (bicyclic) bond motifs is 4. The molecule has 0 bridgehead atoms. The number of benzene rings is 2. The monoisotopic (exact) mass is 597 g/mol. The standard InChI is InChI=1S/C34H35N3O7/c1-33(2,3)21-13-18(17-10-15-8-6-7-9-22(15)36-14-17)19-11-16-12-20-26(37(4)5)29(40)25(32(35)43)31(42)34(20,44)30(41)23(16)28(39)24(19)27(21)38/h6-10,13-14,16,20,26,38-39,42,44H,11-12H2,1-5H3,(H2,35,43)/t16-,20-,26-,34+/m1/s1. The summed E-state index contributed by atoms with van der Waals surface area (Å²) < 4.78 is 0. The van der Waals surface area contributed by atoms with Crippen molar-refractivity contribution in [1.82, 2.24) is 9.88 Å². The Morgan fingerprint density at radius 3 is 2.41 bits per heavy atom. The van der Waals surface area contributed by atoms with Gasteiger partial charge in [0.25, 0.3) is 5.91 Å². The number of carbonyl (C=O) groups is 3. The van der Waals surface area contributed by atoms with Crippen molar-refractivity contribution in [1.29, 1.82) is 0 Å². The van der Waals surface area contributed by atoms with Crippen LogP contribution in [-0.4, -0.2) is 73.5 Å². The third-order valence-electron chi connectivity index (χ3n) is 9.43. The molecule has 6 N–H and O–H groups in total. The maximum absolute atomic E-state index is 14.2. The van der Waals surface area contributed by atoms with Crippen LogP contribution in [0, 0.1) is 11.8 Å². The second-order valence-corrected chi connectivity index (χ2v) is 13.3. The predicted octanol–water partition coefficient (Wildman–Crippen LogP) is 3.48. The summed E-state index contributed by atoms with van der Waals surface area (Å²) in [5.41, 5.74) is 4.63. The second-order valence-electron chi connectivity index (χ2n) is 13.3. The van der Waals surface area contributed by atoms with Gasteiger partial charge >= 0.3 is 0 Å². The average molecular weight is 598 g/mol. The Hall–Kier alpha value is -4.54. The lowest BCUT2D eigenvalue weighted by Crippen LogP contribution is -2.65. The average Bonchev–Trinajstić information content (AvgIpc) is 2.94. The van der Waals surface area contributed by atoms with Crippen LogP contribution >= 0.6 is 0 Å². The minimum absolute atomic E-state index is 0.0168. The molecule has 0 unspecified atom stereocenters. The number of pyridine rings is 1. The number of aromatic nitrogens is 1. The van der Waals surface area contributed by atoms with E-state index >= 15 is 0 Å². The zero-order valence-electron chi connectivity index (χ0n) is 25.2. The lowest BCUT2D eigenvalue weighted by molar-refractivity contribution is -0.153. The van der Waals surface area contributed by atoms with Gasteiger partial charge in [-0.25, -0.2) is 0 Å². The lowest BCUT2D eigenvalue weighted by Gasteiger charge is -2.50. The molecule has 10 nitrogen and oxygen atoms in total. The summed E-state index contributed by atoms with van der Waals surface area (Å²) in [4.78, 5) is 46.0. The Balaban J connectivity index is 1.63. The molecule has 44 heavy (non-hydrogen) atoms. The molecular weight excluding hydrogens is 562 g/mol. The van der Waals surface area contributed by atoms with Crippen LogP contribution in [0.15, 0.2) is 59.5 Å². The molecule has 0 aliphatic heterocycles. The number of nitrogens with two attached hydrogens (primary N) is 1. The van der Waals surface area contributed by atoms with Crippen molar-refractivity contribution in [3.05, 3.63) is 76.2 Å². The van der Waals surface area contributed by atoms with Crippen molar-refractivity contribution >= 4 is 34.1 Å². The topological polar surface area (TPSA) is 174 Å². The number of likely N-dealkylation sites (N-methyl/N-ethyl adjacent to an activating group) is 1. The fourth-order valence-corrected chi connectivity index (χ4v) is 7.36. The minimum atomic E-state index is -2.69. The maximum Gasteiger partial charge on any atom is 0.255 e. The largest absolute Gasteiger partial charge is 0.508 e. The number of hydrogen-bond donors (Lipinski definition) is 5. The van der Waals surface area contributed by atoms with Gasteiger partial charge < -0.3 is 26.2 Å². The number of phenols is 1. The minimum Gasteiger partial charge on any atom is -0.508 e. The molecule has 2 aromatic carbocycles. The maximum atomic E-state index is 14.2. The molecule has 1 saturated carbocycles. The smallest absolute Gasteiger partial charge is 0.255 e. The van der Waals surface area contributed by atoms with Gasteiger partial charge in [-0.15, -0.1) is 0 Å². The Labute approximate surface area is 254 Å². The summed E-state index contributed by atoms with van der Waals surface area (Å²) in [5, 5.41) is 47.4. The van der Waals surface area contributed by atoms with Gasteiger partial charge in [0, 0.05) is 34.2 Å². The summed E-state index contributed by atoms with van der Waals surface area (Å²) >= 11 is 0. The van der Waals surface area contributed by atoms with E-state index in [-0.39, 0.29) is 29.7 Å². The summed E-state index contributed by atoms with van der Waals surface area (Å²) in [6.07, 6.45) is 1.94. The van der Waals surface area contributed by atoms with Crippen molar-refractivity contribution in [2.75, 3.05) is 14.1 Å². The highest BCUT2D eigenvalue weighted by molar-refractivity contribution is 6.24. The Morgan fingerprint density at radius 2 is 1.77 bits per heavy atom.